The molecule has 0 amide bonds. The summed E-state index contributed by atoms with van der Waals surface area (Å²) in [7, 11) is 1.63. The van der Waals surface area contributed by atoms with E-state index in [-0.39, 0.29) is 0 Å². The van der Waals surface area contributed by atoms with Gasteiger partial charge in [0.25, 0.3) is 0 Å². The first-order chi connectivity index (χ1) is 7.31. The molecule has 82 valence electrons. The predicted octanol–water partition coefficient (Wildman–Crippen LogP) is 2.07. The molecule has 1 aromatic carbocycles. The summed E-state index contributed by atoms with van der Waals surface area (Å²) in [6.07, 6.45) is 3.99. The number of hydrogen-bond donors (Lipinski definition) is 1. The normalized spacial score (nSPS) is 10.6. The van der Waals surface area contributed by atoms with Gasteiger partial charge in [-0.05, 0) is 24.6 Å². The fourth-order valence-corrected chi connectivity index (χ4v) is 1.27. The highest BCUT2D eigenvalue weighted by Gasteiger charge is 2.03. The van der Waals surface area contributed by atoms with Crippen molar-refractivity contribution >= 4 is 6.08 Å². The molecular formula is C12H17NO2. The van der Waals surface area contributed by atoms with Crippen molar-refractivity contribution in [3.63, 3.8) is 0 Å². The van der Waals surface area contributed by atoms with Crippen molar-refractivity contribution in [2.45, 2.75) is 6.92 Å². The number of rotatable bonds is 5. The van der Waals surface area contributed by atoms with E-state index in [1.165, 1.54) is 0 Å². The molecule has 0 atom stereocenters. The van der Waals surface area contributed by atoms with Crippen molar-refractivity contribution in [1.82, 2.24) is 0 Å². The van der Waals surface area contributed by atoms with Gasteiger partial charge in [0.15, 0.2) is 11.5 Å². The molecule has 15 heavy (non-hydrogen) atoms. The Bertz CT molecular complexity index is 334. The van der Waals surface area contributed by atoms with Gasteiger partial charge in [-0.2, -0.15) is 0 Å². The summed E-state index contributed by atoms with van der Waals surface area (Å²) in [6, 6.07) is 5.81. The van der Waals surface area contributed by atoms with Gasteiger partial charge < -0.3 is 15.2 Å². The van der Waals surface area contributed by atoms with Crippen LogP contribution in [-0.4, -0.2) is 20.3 Å². The Kier molecular flexibility index (Phi) is 4.71. The minimum absolute atomic E-state index is 0.499. The minimum Gasteiger partial charge on any atom is -0.493 e. The number of nitrogens with two attached hydrogens (primary N) is 1. The lowest BCUT2D eigenvalue weighted by Gasteiger charge is -2.10. The SMILES string of the molecule is C/C=C/c1ccc(OCCN)c(OC)c1. The van der Waals surface area contributed by atoms with Crippen molar-refractivity contribution in [3.05, 3.63) is 29.8 Å². The zero-order valence-electron chi connectivity index (χ0n) is 9.19. The van der Waals surface area contributed by atoms with Crippen LogP contribution in [-0.2, 0) is 0 Å². The Hall–Kier alpha value is -1.48. The van der Waals surface area contributed by atoms with E-state index >= 15 is 0 Å². The summed E-state index contributed by atoms with van der Waals surface area (Å²) in [5.41, 5.74) is 6.46. The van der Waals surface area contributed by atoms with E-state index < -0.39 is 0 Å². The molecule has 0 bridgehead atoms. The zero-order valence-corrected chi connectivity index (χ0v) is 9.19. The van der Waals surface area contributed by atoms with E-state index in [1.54, 1.807) is 7.11 Å². The highest BCUT2D eigenvalue weighted by molar-refractivity contribution is 5.55. The molecule has 1 aromatic rings. The minimum atomic E-state index is 0.499. The van der Waals surface area contributed by atoms with Crippen LogP contribution in [0.5, 0.6) is 11.5 Å². The third-order valence-electron chi connectivity index (χ3n) is 1.92. The van der Waals surface area contributed by atoms with Crippen molar-refractivity contribution in [2.75, 3.05) is 20.3 Å². The molecule has 0 aromatic heterocycles. The topological polar surface area (TPSA) is 44.5 Å². The summed E-state index contributed by atoms with van der Waals surface area (Å²) in [4.78, 5) is 0. The average Bonchev–Trinajstić information content (AvgIpc) is 2.27. The largest absolute Gasteiger partial charge is 0.493 e. The van der Waals surface area contributed by atoms with Crippen LogP contribution < -0.4 is 15.2 Å². The maximum atomic E-state index is 5.44. The van der Waals surface area contributed by atoms with E-state index in [0.29, 0.717) is 13.2 Å². The molecule has 2 N–H and O–H groups in total. The smallest absolute Gasteiger partial charge is 0.161 e. The molecular weight excluding hydrogens is 190 g/mol. The third kappa shape index (κ3) is 3.29. The first-order valence-corrected chi connectivity index (χ1v) is 4.95. The van der Waals surface area contributed by atoms with Crippen LogP contribution in [0.2, 0.25) is 0 Å². The Labute approximate surface area is 90.5 Å². The quantitative estimate of drug-likeness (QED) is 0.803. The second-order valence-corrected chi connectivity index (χ2v) is 3.05. The summed E-state index contributed by atoms with van der Waals surface area (Å²) < 4.78 is 10.7. The van der Waals surface area contributed by atoms with Crippen molar-refractivity contribution < 1.29 is 9.47 Å². The van der Waals surface area contributed by atoms with E-state index in [4.69, 9.17) is 15.2 Å². The first kappa shape index (κ1) is 11.6. The van der Waals surface area contributed by atoms with Crippen LogP contribution in [0.4, 0.5) is 0 Å². The molecule has 0 unspecified atom stereocenters. The van der Waals surface area contributed by atoms with E-state index in [2.05, 4.69) is 0 Å². The second-order valence-electron chi connectivity index (χ2n) is 3.05. The first-order valence-electron chi connectivity index (χ1n) is 4.95. The molecule has 0 aliphatic rings. The molecule has 0 heterocycles. The third-order valence-corrected chi connectivity index (χ3v) is 1.92. The number of methoxy groups -OCH3 is 1. The maximum Gasteiger partial charge on any atom is 0.161 e. The Morgan fingerprint density at radius 1 is 1.33 bits per heavy atom. The Morgan fingerprint density at radius 2 is 2.13 bits per heavy atom. The van der Waals surface area contributed by atoms with Gasteiger partial charge >= 0.3 is 0 Å². The second kappa shape index (κ2) is 6.09. The highest BCUT2D eigenvalue weighted by Crippen LogP contribution is 2.28. The van der Waals surface area contributed by atoms with Crippen LogP contribution in [0.15, 0.2) is 24.3 Å². The molecule has 0 spiro atoms. The summed E-state index contributed by atoms with van der Waals surface area (Å²) in [6.45, 7) is 2.98. The lowest BCUT2D eigenvalue weighted by atomic mass is 10.2. The fourth-order valence-electron chi connectivity index (χ4n) is 1.27. The van der Waals surface area contributed by atoms with Gasteiger partial charge in [0, 0.05) is 6.54 Å². The molecule has 0 aliphatic carbocycles. The van der Waals surface area contributed by atoms with E-state index in [0.717, 1.165) is 17.1 Å². The van der Waals surface area contributed by atoms with Crippen LogP contribution in [0, 0.1) is 0 Å². The number of hydrogen-bond acceptors (Lipinski definition) is 3. The Morgan fingerprint density at radius 3 is 2.73 bits per heavy atom. The molecule has 0 aliphatic heterocycles. The molecule has 0 saturated carbocycles. The monoisotopic (exact) mass is 207 g/mol. The zero-order chi connectivity index (χ0) is 11.1. The highest BCUT2D eigenvalue weighted by atomic mass is 16.5. The van der Waals surface area contributed by atoms with Gasteiger partial charge in [0.05, 0.1) is 7.11 Å². The van der Waals surface area contributed by atoms with Gasteiger partial charge in [0.2, 0.25) is 0 Å². The average molecular weight is 207 g/mol. The molecule has 0 fully saturated rings. The maximum absolute atomic E-state index is 5.44. The molecule has 3 heteroatoms. The standard InChI is InChI=1S/C12H17NO2/c1-3-4-10-5-6-11(15-8-7-13)12(9-10)14-2/h3-6,9H,7-8,13H2,1-2H3/b4-3+. The number of allylic oxidation sites excluding steroid dienone is 1. The van der Waals surface area contributed by atoms with Crippen molar-refractivity contribution in [3.8, 4) is 11.5 Å². The van der Waals surface area contributed by atoms with Crippen molar-refractivity contribution in [1.29, 1.82) is 0 Å². The number of benzene rings is 1. The number of ether oxygens (including phenoxy) is 2. The van der Waals surface area contributed by atoms with Gasteiger partial charge in [-0.1, -0.05) is 18.2 Å². The van der Waals surface area contributed by atoms with Crippen LogP contribution in [0.3, 0.4) is 0 Å². The van der Waals surface area contributed by atoms with Crippen LogP contribution >= 0.6 is 0 Å². The molecule has 0 radical (unpaired) electrons. The van der Waals surface area contributed by atoms with E-state index in [9.17, 15) is 0 Å². The fraction of sp³-hybridized carbons (Fsp3) is 0.333. The summed E-state index contributed by atoms with van der Waals surface area (Å²) in [5, 5.41) is 0. The van der Waals surface area contributed by atoms with Gasteiger partial charge in [-0.25, -0.2) is 0 Å². The Balaban J connectivity index is 2.88. The molecule has 1 rings (SSSR count). The molecule has 3 nitrogen and oxygen atoms in total. The molecule has 0 saturated heterocycles. The van der Waals surface area contributed by atoms with Crippen LogP contribution in [0.25, 0.3) is 6.08 Å². The van der Waals surface area contributed by atoms with Crippen LogP contribution in [0.1, 0.15) is 12.5 Å². The van der Waals surface area contributed by atoms with E-state index in [1.807, 2.05) is 37.3 Å². The summed E-state index contributed by atoms with van der Waals surface area (Å²) >= 11 is 0. The van der Waals surface area contributed by atoms with Gasteiger partial charge in [0.1, 0.15) is 6.61 Å². The van der Waals surface area contributed by atoms with Crippen molar-refractivity contribution in [2.24, 2.45) is 5.73 Å². The van der Waals surface area contributed by atoms with Gasteiger partial charge in [-0.3, -0.25) is 0 Å². The predicted molar refractivity (Wildman–Crippen MR) is 62.3 cm³/mol. The van der Waals surface area contributed by atoms with Gasteiger partial charge in [-0.15, -0.1) is 0 Å². The lowest BCUT2D eigenvalue weighted by molar-refractivity contribution is 0.302. The summed E-state index contributed by atoms with van der Waals surface area (Å²) in [5.74, 6) is 1.47. The lowest BCUT2D eigenvalue weighted by Crippen LogP contribution is -2.11.